The van der Waals surface area contributed by atoms with Crippen molar-refractivity contribution in [1.82, 2.24) is 0 Å². The third kappa shape index (κ3) is 5.21. The molecule has 6 nitrogen and oxygen atoms in total. The van der Waals surface area contributed by atoms with E-state index in [2.05, 4.69) is 14.0 Å². The van der Waals surface area contributed by atoms with Gasteiger partial charge in [0, 0.05) is 0 Å². The molecule has 0 saturated carbocycles. The van der Waals surface area contributed by atoms with Gasteiger partial charge in [0.2, 0.25) is 6.79 Å². The van der Waals surface area contributed by atoms with Gasteiger partial charge in [-0.05, 0) is 0 Å². The first kappa shape index (κ1) is 11.9. The normalized spacial score (nSPS) is 15.6. The van der Waals surface area contributed by atoms with Crippen LogP contribution in [0.4, 0.5) is 0 Å². The number of phosphoric acid groups is 1. The van der Waals surface area contributed by atoms with Crippen LogP contribution in [0.15, 0.2) is 12.2 Å². The fourth-order valence-electron chi connectivity index (χ4n) is 0.393. The van der Waals surface area contributed by atoms with Crippen LogP contribution in [-0.2, 0) is 18.6 Å². The second kappa shape index (κ2) is 4.83. The predicted octanol–water partition coefficient (Wildman–Crippen LogP) is -0.750. The number of ether oxygens (including phenoxy) is 2. The summed E-state index contributed by atoms with van der Waals surface area (Å²) >= 11 is 0. The summed E-state index contributed by atoms with van der Waals surface area (Å²) in [4.78, 5) is 16.4. The SMILES string of the molecule is O=P(O)(O)OC1=COCO1.[KH]. The molecule has 1 rings (SSSR count). The molecule has 0 atom stereocenters. The van der Waals surface area contributed by atoms with Gasteiger partial charge < -0.3 is 14.0 Å². The van der Waals surface area contributed by atoms with Crippen LogP contribution < -0.4 is 0 Å². The molecule has 0 spiro atoms. The van der Waals surface area contributed by atoms with Crippen molar-refractivity contribution >= 4 is 59.2 Å². The molecular formula is C3H6KO6P. The van der Waals surface area contributed by atoms with E-state index < -0.39 is 7.82 Å². The summed E-state index contributed by atoms with van der Waals surface area (Å²) < 4.78 is 23.0. The van der Waals surface area contributed by atoms with E-state index in [1.165, 1.54) is 0 Å². The first-order valence-electron chi connectivity index (χ1n) is 2.28. The van der Waals surface area contributed by atoms with Crippen molar-refractivity contribution in [3.8, 4) is 0 Å². The average Bonchev–Trinajstić information content (AvgIpc) is 2.12. The van der Waals surface area contributed by atoms with Gasteiger partial charge in [0.15, 0.2) is 6.26 Å². The molecule has 0 amide bonds. The van der Waals surface area contributed by atoms with Crippen LogP contribution in [0, 0.1) is 0 Å². The first-order chi connectivity index (χ1) is 4.58. The summed E-state index contributed by atoms with van der Waals surface area (Å²) in [6.45, 7) is -0.0741. The Hall–Kier alpha value is 0.926. The van der Waals surface area contributed by atoms with Crippen molar-refractivity contribution in [2.24, 2.45) is 0 Å². The monoisotopic (exact) mass is 208 g/mol. The Morgan fingerprint density at radius 3 is 2.64 bits per heavy atom. The van der Waals surface area contributed by atoms with E-state index in [0.29, 0.717) is 0 Å². The molecular weight excluding hydrogens is 202 g/mol. The standard InChI is InChI=1S/C3H5O6P.K.H/c4-10(5,6)9-3-1-7-2-8-3;;/h1H,2H2,(H2,4,5,6);;. The van der Waals surface area contributed by atoms with Gasteiger partial charge >= 0.3 is 65.2 Å². The van der Waals surface area contributed by atoms with E-state index in [4.69, 9.17) is 9.79 Å². The van der Waals surface area contributed by atoms with E-state index in [1.54, 1.807) is 0 Å². The Morgan fingerprint density at radius 1 is 1.64 bits per heavy atom. The predicted molar refractivity (Wildman–Crippen MR) is 35.4 cm³/mol. The molecule has 0 radical (unpaired) electrons. The Morgan fingerprint density at radius 2 is 2.27 bits per heavy atom. The third-order valence-electron chi connectivity index (χ3n) is 0.658. The zero-order valence-corrected chi connectivity index (χ0v) is 5.65. The summed E-state index contributed by atoms with van der Waals surface area (Å²) in [6.07, 6.45) is 0.985. The van der Waals surface area contributed by atoms with E-state index >= 15 is 0 Å². The van der Waals surface area contributed by atoms with Crippen LogP contribution in [0.1, 0.15) is 0 Å². The molecule has 0 aromatic heterocycles. The van der Waals surface area contributed by atoms with Crippen molar-refractivity contribution in [2.75, 3.05) is 6.79 Å². The number of rotatable bonds is 2. The fourth-order valence-corrected chi connectivity index (χ4v) is 0.723. The van der Waals surface area contributed by atoms with Crippen LogP contribution in [0.5, 0.6) is 0 Å². The van der Waals surface area contributed by atoms with Gasteiger partial charge in [-0.3, -0.25) is 9.79 Å². The van der Waals surface area contributed by atoms with Gasteiger partial charge in [-0.25, -0.2) is 4.57 Å². The van der Waals surface area contributed by atoms with Crippen LogP contribution in [-0.4, -0.2) is 68.0 Å². The van der Waals surface area contributed by atoms with Crippen molar-refractivity contribution in [3.05, 3.63) is 12.2 Å². The minimum atomic E-state index is -4.49. The molecule has 0 aromatic carbocycles. The Bertz CT molecular complexity index is 196. The molecule has 0 unspecified atom stereocenters. The van der Waals surface area contributed by atoms with Crippen molar-refractivity contribution < 1.29 is 28.3 Å². The Labute approximate surface area is 105 Å². The molecule has 2 N–H and O–H groups in total. The van der Waals surface area contributed by atoms with Gasteiger partial charge in [0.05, 0.1) is 0 Å². The average molecular weight is 208 g/mol. The van der Waals surface area contributed by atoms with Gasteiger partial charge in [-0.2, -0.15) is 0 Å². The zero-order chi connectivity index (χ0) is 7.61. The van der Waals surface area contributed by atoms with Crippen molar-refractivity contribution in [3.63, 3.8) is 0 Å². The van der Waals surface area contributed by atoms with Crippen LogP contribution in [0.3, 0.4) is 0 Å². The third-order valence-corrected chi connectivity index (χ3v) is 1.08. The number of hydrogen-bond acceptors (Lipinski definition) is 4. The molecule has 0 fully saturated rings. The summed E-state index contributed by atoms with van der Waals surface area (Å²) in [5.74, 6) is -0.298. The van der Waals surface area contributed by atoms with Crippen molar-refractivity contribution in [1.29, 1.82) is 0 Å². The van der Waals surface area contributed by atoms with Crippen molar-refractivity contribution in [2.45, 2.75) is 0 Å². The molecule has 0 bridgehead atoms. The second-order valence-electron chi connectivity index (χ2n) is 1.45. The fraction of sp³-hybridized carbons (Fsp3) is 0.333. The molecule has 0 saturated heterocycles. The van der Waals surface area contributed by atoms with Crippen LogP contribution in [0.25, 0.3) is 0 Å². The molecule has 11 heavy (non-hydrogen) atoms. The summed E-state index contributed by atoms with van der Waals surface area (Å²) in [7, 11) is -4.49. The van der Waals surface area contributed by atoms with E-state index in [1.807, 2.05) is 0 Å². The molecule has 1 aliphatic heterocycles. The minimum absolute atomic E-state index is 0. The summed E-state index contributed by atoms with van der Waals surface area (Å²) in [5, 5.41) is 0. The Balaban J connectivity index is 0.000001000. The topological polar surface area (TPSA) is 85.2 Å². The number of phosphoric ester groups is 1. The van der Waals surface area contributed by atoms with Crippen LogP contribution in [0.2, 0.25) is 0 Å². The first-order valence-corrected chi connectivity index (χ1v) is 3.81. The van der Waals surface area contributed by atoms with Gasteiger partial charge in [-0.1, -0.05) is 0 Å². The van der Waals surface area contributed by atoms with Crippen LogP contribution >= 0.6 is 7.82 Å². The van der Waals surface area contributed by atoms with E-state index in [9.17, 15) is 4.57 Å². The second-order valence-corrected chi connectivity index (χ2v) is 2.61. The van der Waals surface area contributed by atoms with Gasteiger partial charge in [0.25, 0.3) is 0 Å². The van der Waals surface area contributed by atoms with E-state index in [-0.39, 0.29) is 64.1 Å². The quantitative estimate of drug-likeness (QED) is 0.458. The summed E-state index contributed by atoms with van der Waals surface area (Å²) in [6, 6.07) is 0. The van der Waals surface area contributed by atoms with E-state index in [0.717, 1.165) is 6.26 Å². The molecule has 0 aliphatic carbocycles. The summed E-state index contributed by atoms with van der Waals surface area (Å²) in [5.41, 5.74) is 0. The maximum absolute atomic E-state index is 10.1. The Kier molecular flexibility index (Phi) is 5.24. The molecule has 8 heteroatoms. The number of hydrogen-bond donors (Lipinski definition) is 2. The molecule has 1 aliphatic rings. The van der Waals surface area contributed by atoms with Gasteiger partial charge in [0.1, 0.15) is 0 Å². The van der Waals surface area contributed by atoms with Gasteiger partial charge in [-0.15, -0.1) is 0 Å². The molecule has 1 heterocycles. The molecule has 60 valence electrons. The zero-order valence-electron chi connectivity index (χ0n) is 4.76. The molecule has 0 aromatic rings. The maximum atomic E-state index is 10.1.